The second-order valence-corrected chi connectivity index (χ2v) is 3.04. The predicted octanol–water partition coefficient (Wildman–Crippen LogP) is 2.23. The van der Waals surface area contributed by atoms with Crippen molar-refractivity contribution >= 4 is 5.69 Å². The Kier molecular flexibility index (Phi) is 2.88. The van der Waals surface area contributed by atoms with Crippen molar-refractivity contribution in [2.24, 2.45) is 0 Å². The van der Waals surface area contributed by atoms with Crippen molar-refractivity contribution in [1.82, 2.24) is 9.97 Å². The topological polar surface area (TPSA) is 37.8 Å². The SMILES string of the molecule is Fc1cc(NCc2ccccn2)ccn1. The molecule has 2 aromatic rings. The highest BCUT2D eigenvalue weighted by molar-refractivity contribution is 5.41. The van der Waals surface area contributed by atoms with E-state index in [1.807, 2.05) is 18.2 Å². The zero-order valence-corrected chi connectivity index (χ0v) is 8.02. The molecule has 0 bridgehead atoms. The van der Waals surface area contributed by atoms with Gasteiger partial charge in [0, 0.05) is 24.1 Å². The summed E-state index contributed by atoms with van der Waals surface area (Å²) in [6.07, 6.45) is 3.15. The van der Waals surface area contributed by atoms with E-state index in [-0.39, 0.29) is 0 Å². The van der Waals surface area contributed by atoms with Crippen LogP contribution in [-0.4, -0.2) is 9.97 Å². The first kappa shape index (κ1) is 9.58. The Balaban J connectivity index is 1.99. The molecule has 0 unspecified atom stereocenters. The maximum atomic E-state index is 12.7. The van der Waals surface area contributed by atoms with Crippen molar-refractivity contribution in [3.63, 3.8) is 0 Å². The highest BCUT2D eigenvalue weighted by Gasteiger charge is 1.96. The van der Waals surface area contributed by atoms with Gasteiger partial charge in [-0.15, -0.1) is 0 Å². The van der Waals surface area contributed by atoms with Crippen LogP contribution in [0, 0.1) is 5.95 Å². The fraction of sp³-hybridized carbons (Fsp3) is 0.0909. The molecule has 0 spiro atoms. The smallest absolute Gasteiger partial charge is 0.214 e. The largest absolute Gasteiger partial charge is 0.379 e. The quantitative estimate of drug-likeness (QED) is 0.777. The lowest BCUT2D eigenvalue weighted by atomic mass is 10.3. The second-order valence-electron chi connectivity index (χ2n) is 3.04. The van der Waals surface area contributed by atoms with Crippen LogP contribution in [0.5, 0.6) is 0 Å². The van der Waals surface area contributed by atoms with Gasteiger partial charge in [0.1, 0.15) is 0 Å². The van der Waals surface area contributed by atoms with Gasteiger partial charge < -0.3 is 5.32 Å². The molecule has 0 aliphatic carbocycles. The molecular weight excluding hydrogens is 193 g/mol. The summed E-state index contributed by atoms with van der Waals surface area (Å²) in [7, 11) is 0. The maximum Gasteiger partial charge on any atom is 0.214 e. The zero-order chi connectivity index (χ0) is 10.5. The van der Waals surface area contributed by atoms with Crippen molar-refractivity contribution in [1.29, 1.82) is 0 Å². The van der Waals surface area contributed by atoms with Crippen LogP contribution in [-0.2, 0) is 6.54 Å². The highest BCUT2D eigenvalue weighted by atomic mass is 19.1. The van der Waals surface area contributed by atoms with Crippen LogP contribution in [0.2, 0.25) is 0 Å². The summed E-state index contributed by atoms with van der Waals surface area (Å²) >= 11 is 0. The summed E-state index contributed by atoms with van der Waals surface area (Å²) in [5, 5.41) is 3.06. The van der Waals surface area contributed by atoms with Crippen molar-refractivity contribution in [2.45, 2.75) is 6.54 Å². The third-order valence-electron chi connectivity index (χ3n) is 1.93. The fourth-order valence-electron chi connectivity index (χ4n) is 1.21. The first-order chi connectivity index (χ1) is 7.34. The molecule has 0 aromatic carbocycles. The van der Waals surface area contributed by atoms with Crippen LogP contribution in [0.1, 0.15) is 5.69 Å². The molecular formula is C11H10FN3. The third-order valence-corrected chi connectivity index (χ3v) is 1.93. The lowest BCUT2D eigenvalue weighted by Gasteiger charge is -2.04. The Morgan fingerprint density at radius 2 is 2.07 bits per heavy atom. The van der Waals surface area contributed by atoms with Crippen LogP contribution >= 0.6 is 0 Å². The van der Waals surface area contributed by atoms with Gasteiger partial charge in [0.15, 0.2) is 0 Å². The minimum absolute atomic E-state index is 0.485. The summed E-state index contributed by atoms with van der Waals surface area (Å²) in [5.74, 6) is -0.485. The normalized spacial score (nSPS) is 9.93. The van der Waals surface area contributed by atoms with Crippen molar-refractivity contribution in [3.8, 4) is 0 Å². The molecule has 0 fully saturated rings. The third kappa shape index (κ3) is 2.74. The Labute approximate surface area is 87.0 Å². The molecule has 0 aliphatic rings. The first-order valence-electron chi connectivity index (χ1n) is 4.60. The van der Waals surface area contributed by atoms with Gasteiger partial charge in [-0.1, -0.05) is 6.07 Å². The molecule has 1 N–H and O–H groups in total. The Hall–Kier alpha value is -1.97. The van der Waals surface area contributed by atoms with Gasteiger partial charge >= 0.3 is 0 Å². The molecule has 2 heterocycles. The van der Waals surface area contributed by atoms with Crippen molar-refractivity contribution < 1.29 is 4.39 Å². The summed E-state index contributed by atoms with van der Waals surface area (Å²) in [6.45, 7) is 0.574. The molecule has 0 saturated heterocycles. The van der Waals surface area contributed by atoms with E-state index in [9.17, 15) is 4.39 Å². The molecule has 2 rings (SSSR count). The number of nitrogens with one attached hydrogen (secondary N) is 1. The predicted molar refractivity (Wildman–Crippen MR) is 55.8 cm³/mol. The molecule has 0 saturated carbocycles. The summed E-state index contributed by atoms with van der Waals surface area (Å²) in [6, 6.07) is 8.74. The van der Waals surface area contributed by atoms with Gasteiger partial charge in [-0.3, -0.25) is 4.98 Å². The van der Waals surface area contributed by atoms with Gasteiger partial charge in [-0.05, 0) is 18.2 Å². The molecule has 0 atom stereocenters. The van der Waals surface area contributed by atoms with Crippen molar-refractivity contribution in [2.75, 3.05) is 5.32 Å². The van der Waals surface area contributed by atoms with E-state index in [1.54, 1.807) is 12.3 Å². The lowest BCUT2D eigenvalue weighted by Crippen LogP contribution is -2.01. The molecule has 76 valence electrons. The van der Waals surface area contributed by atoms with Crippen LogP contribution in [0.3, 0.4) is 0 Å². The van der Waals surface area contributed by atoms with E-state index >= 15 is 0 Å². The Morgan fingerprint density at radius 1 is 1.13 bits per heavy atom. The van der Waals surface area contributed by atoms with E-state index in [4.69, 9.17) is 0 Å². The average Bonchev–Trinajstić information content (AvgIpc) is 2.28. The number of hydrogen-bond donors (Lipinski definition) is 1. The molecule has 15 heavy (non-hydrogen) atoms. The Morgan fingerprint density at radius 3 is 2.80 bits per heavy atom. The number of anilines is 1. The molecule has 3 nitrogen and oxygen atoms in total. The minimum Gasteiger partial charge on any atom is -0.379 e. The first-order valence-corrected chi connectivity index (χ1v) is 4.60. The molecule has 0 amide bonds. The number of rotatable bonds is 3. The zero-order valence-electron chi connectivity index (χ0n) is 8.02. The fourth-order valence-corrected chi connectivity index (χ4v) is 1.21. The molecule has 0 aliphatic heterocycles. The van der Waals surface area contributed by atoms with Crippen LogP contribution in [0.25, 0.3) is 0 Å². The van der Waals surface area contributed by atoms with Gasteiger partial charge in [0.05, 0.1) is 12.2 Å². The highest BCUT2D eigenvalue weighted by Crippen LogP contribution is 2.07. The van der Waals surface area contributed by atoms with Crippen LogP contribution in [0.15, 0.2) is 42.7 Å². The summed E-state index contributed by atoms with van der Waals surface area (Å²) in [5.41, 5.74) is 1.61. The van der Waals surface area contributed by atoms with Gasteiger partial charge in [-0.25, -0.2) is 4.98 Å². The van der Waals surface area contributed by atoms with E-state index in [2.05, 4.69) is 15.3 Å². The lowest BCUT2D eigenvalue weighted by molar-refractivity contribution is 0.584. The van der Waals surface area contributed by atoms with E-state index in [0.717, 1.165) is 5.69 Å². The Bertz CT molecular complexity index is 431. The number of hydrogen-bond acceptors (Lipinski definition) is 3. The number of pyridine rings is 2. The van der Waals surface area contributed by atoms with E-state index in [0.29, 0.717) is 12.2 Å². The monoisotopic (exact) mass is 203 g/mol. The van der Waals surface area contributed by atoms with Crippen molar-refractivity contribution in [3.05, 3.63) is 54.4 Å². The average molecular weight is 203 g/mol. The number of aromatic nitrogens is 2. The summed E-state index contributed by atoms with van der Waals surface area (Å²) < 4.78 is 12.7. The van der Waals surface area contributed by atoms with Crippen LogP contribution in [0.4, 0.5) is 10.1 Å². The molecule has 4 heteroatoms. The maximum absolute atomic E-state index is 12.7. The summed E-state index contributed by atoms with van der Waals surface area (Å²) in [4.78, 5) is 7.62. The number of nitrogens with zero attached hydrogens (tertiary/aromatic N) is 2. The van der Waals surface area contributed by atoms with E-state index < -0.39 is 5.95 Å². The van der Waals surface area contributed by atoms with Gasteiger partial charge in [0.25, 0.3) is 0 Å². The van der Waals surface area contributed by atoms with Gasteiger partial charge in [0.2, 0.25) is 5.95 Å². The molecule has 2 aromatic heterocycles. The standard InChI is InChI=1S/C11H10FN3/c12-11-7-9(4-6-14-11)15-8-10-3-1-2-5-13-10/h1-7H,8H2,(H,14,15). The minimum atomic E-state index is -0.485. The van der Waals surface area contributed by atoms with E-state index in [1.165, 1.54) is 12.3 Å². The second kappa shape index (κ2) is 4.50. The van der Waals surface area contributed by atoms with Crippen LogP contribution < -0.4 is 5.32 Å². The number of halogens is 1. The molecule has 0 radical (unpaired) electrons. The van der Waals surface area contributed by atoms with Gasteiger partial charge in [-0.2, -0.15) is 4.39 Å².